The number of aromatic hydroxyl groups is 1. The van der Waals surface area contributed by atoms with Crippen molar-refractivity contribution in [3.63, 3.8) is 0 Å². The van der Waals surface area contributed by atoms with E-state index in [1.165, 1.54) is 18.3 Å². The second kappa shape index (κ2) is 10.0. The van der Waals surface area contributed by atoms with Gasteiger partial charge in [-0.25, -0.2) is 5.43 Å². The average molecular weight is 583 g/mol. The minimum absolute atomic E-state index is 0.119. The molecule has 0 atom stereocenters. The fraction of sp³-hybridized carbons (Fsp3) is 0.0476. The third-order valence-corrected chi connectivity index (χ3v) is 5.50. The highest BCUT2D eigenvalue weighted by atomic mass is 79.9. The van der Waals surface area contributed by atoms with Crippen LogP contribution in [0, 0.1) is 0 Å². The highest BCUT2D eigenvalue weighted by Gasteiger charge is 2.11. The summed E-state index contributed by atoms with van der Waals surface area (Å²) in [6.45, 7) is 0.442. The molecule has 0 fully saturated rings. The highest BCUT2D eigenvalue weighted by Crippen LogP contribution is 2.35. The van der Waals surface area contributed by atoms with E-state index in [0.717, 1.165) is 20.1 Å². The van der Waals surface area contributed by atoms with Gasteiger partial charge >= 0.3 is 0 Å². The number of hydrogen-bond acceptors (Lipinski definition) is 4. The Morgan fingerprint density at radius 2 is 1.72 bits per heavy atom. The molecule has 148 valence electrons. The van der Waals surface area contributed by atoms with Gasteiger partial charge in [-0.1, -0.05) is 46.3 Å². The molecule has 0 saturated heterocycles. The van der Waals surface area contributed by atoms with Gasteiger partial charge in [0, 0.05) is 4.47 Å². The first-order valence-corrected chi connectivity index (χ1v) is 10.8. The number of ether oxygens (including phenoxy) is 1. The van der Waals surface area contributed by atoms with Gasteiger partial charge in [-0.15, -0.1) is 0 Å². The van der Waals surface area contributed by atoms with Crippen molar-refractivity contribution in [3.05, 3.63) is 90.8 Å². The van der Waals surface area contributed by atoms with Crippen molar-refractivity contribution < 1.29 is 14.6 Å². The van der Waals surface area contributed by atoms with Crippen LogP contribution >= 0.6 is 47.8 Å². The molecule has 8 heteroatoms. The number of phenolic OH excluding ortho intramolecular Hbond substituents is 1. The van der Waals surface area contributed by atoms with Crippen molar-refractivity contribution in [2.24, 2.45) is 5.10 Å². The summed E-state index contributed by atoms with van der Waals surface area (Å²) in [5, 5.41) is 13.8. The Morgan fingerprint density at radius 3 is 2.41 bits per heavy atom. The minimum Gasteiger partial charge on any atom is -0.507 e. The Labute approximate surface area is 193 Å². The summed E-state index contributed by atoms with van der Waals surface area (Å²) in [6.07, 6.45) is 1.50. The quantitative estimate of drug-likeness (QED) is 0.276. The first kappa shape index (κ1) is 21.5. The van der Waals surface area contributed by atoms with Crippen LogP contribution in [0.5, 0.6) is 11.5 Å². The third-order valence-electron chi connectivity index (χ3n) is 3.83. The van der Waals surface area contributed by atoms with E-state index in [4.69, 9.17) is 4.74 Å². The van der Waals surface area contributed by atoms with Crippen LogP contribution in [-0.4, -0.2) is 17.2 Å². The summed E-state index contributed by atoms with van der Waals surface area (Å²) in [5.74, 6) is 0.0430. The van der Waals surface area contributed by atoms with Crippen LogP contribution in [0.1, 0.15) is 21.5 Å². The smallest absolute Gasteiger partial charge is 0.275 e. The standard InChI is InChI=1S/C21H15Br3N2O3/c22-15-6-7-19(27)16(10-15)21(28)26-25-11-14-8-17(23)20(18(24)9-14)29-12-13-4-2-1-3-5-13/h1-11,27H,12H2,(H,26,28)/b25-11+. The second-order valence-electron chi connectivity index (χ2n) is 5.95. The topological polar surface area (TPSA) is 70.9 Å². The van der Waals surface area contributed by atoms with Crippen LogP contribution in [0.2, 0.25) is 0 Å². The highest BCUT2D eigenvalue weighted by molar-refractivity contribution is 9.11. The Bertz CT molecular complexity index is 1030. The lowest BCUT2D eigenvalue weighted by molar-refractivity contribution is 0.0952. The van der Waals surface area contributed by atoms with Crippen LogP contribution in [0.25, 0.3) is 0 Å². The normalized spacial score (nSPS) is 10.9. The van der Waals surface area contributed by atoms with Gasteiger partial charge in [0.15, 0.2) is 0 Å². The zero-order valence-electron chi connectivity index (χ0n) is 14.9. The molecule has 0 aromatic heterocycles. The van der Waals surface area contributed by atoms with E-state index in [9.17, 15) is 9.90 Å². The second-order valence-corrected chi connectivity index (χ2v) is 8.57. The lowest BCUT2D eigenvalue weighted by Crippen LogP contribution is -2.17. The number of hydrazone groups is 1. The fourth-order valence-electron chi connectivity index (χ4n) is 2.44. The van der Waals surface area contributed by atoms with Crippen molar-refractivity contribution in [3.8, 4) is 11.5 Å². The maximum atomic E-state index is 12.2. The Kier molecular flexibility index (Phi) is 7.46. The van der Waals surface area contributed by atoms with E-state index in [2.05, 4.69) is 58.3 Å². The molecule has 0 spiro atoms. The lowest BCUT2D eigenvalue weighted by atomic mass is 10.2. The fourth-order valence-corrected chi connectivity index (χ4v) is 4.25. The third kappa shape index (κ3) is 5.91. The Hall–Kier alpha value is -2.16. The van der Waals surface area contributed by atoms with Crippen molar-refractivity contribution in [2.75, 3.05) is 0 Å². The van der Waals surface area contributed by atoms with Gasteiger partial charge in [0.05, 0.1) is 20.7 Å². The van der Waals surface area contributed by atoms with Gasteiger partial charge in [-0.3, -0.25) is 4.79 Å². The summed E-state index contributed by atoms with van der Waals surface area (Å²) in [6, 6.07) is 18.1. The van der Waals surface area contributed by atoms with Crippen LogP contribution < -0.4 is 10.2 Å². The van der Waals surface area contributed by atoms with E-state index in [0.29, 0.717) is 16.8 Å². The van der Waals surface area contributed by atoms with Crippen molar-refractivity contribution >= 4 is 59.9 Å². The van der Waals surface area contributed by atoms with Crippen LogP contribution in [0.3, 0.4) is 0 Å². The Balaban J connectivity index is 1.67. The van der Waals surface area contributed by atoms with Gasteiger partial charge in [0.1, 0.15) is 18.1 Å². The average Bonchev–Trinajstić information content (AvgIpc) is 2.70. The SMILES string of the molecule is O=C(N/N=C/c1cc(Br)c(OCc2ccccc2)c(Br)c1)c1cc(Br)ccc1O. The molecule has 0 radical (unpaired) electrons. The number of amides is 1. The summed E-state index contributed by atoms with van der Waals surface area (Å²) < 4.78 is 8.08. The van der Waals surface area contributed by atoms with Gasteiger partial charge in [-0.05, 0) is 73.3 Å². The van der Waals surface area contributed by atoms with Crippen LogP contribution in [0.4, 0.5) is 0 Å². The molecule has 0 aliphatic heterocycles. The first-order valence-electron chi connectivity index (χ1n) is 8.41. The molecule has 3 aromatic rings. The van der Waals surface area contributed by atoms with E-state index in [1.54, 1.807) is 6.07 Å². The zero-order chi connectivity index (χ0) is 20.8. The van der Waals surface area contributed by atoms with Gasteiger partial charge in [-0.2, -0.15) is 5.10 Å². The van der Waals surface area contributed by atoms with Crippen LogP contribution in [0.15, 0.2) is 79.2 Å². The predicted octanol–water partition coefficient (Wildman–Crippen LogP) is 6.02. The monoisotopic (exact) mass is 580 g/mol. The number of benzene rings is 3. The number of hydrogen-bond donors (Lipinski definition) is 2. The molecule has 0 aliphatic rings. The van der Waals surface area contributed by atoms with Gasteiger partial charge < -0.3 is 9.84 Å². The van der Waals surface area contributed by atoms with Crippen LogP contribution in [-0.2, 0) is 6.61 Å². The number of nitrogens with zero attached hydrogens (tertiary/aromatic N) is 1. The number of carbonyl (C=O) groups is 1. The molecule has 5 nitrogen and oxygen atoms in total. The maximum Gasteiger partial charge on any atom is 0.275 e. The molecule has 0 bridgehead atoms. The molecule has 3 aromatic carbocycles. The predicted molar refractivity (Wildman–Crippen MR) is 123 cm³/mol. The number of carbonyl (C=O) groups excluding carboxylic acids is 1. The summed E-state index contributed by atoms with van der Waals surface area (Å²) >= 11 is 10.3. The number of rotatable bonds is 6. The number of phenols is 1. The molecule has 29 heavy (non-hydrogen) atoms. The van der Waals surface area contributed by atoms with E-state index >= 15 is 0 Å². The van der Waals surface area contributed by atoms with Gasteiger partial charge in [0.2, 0.25) is 0 Å². The molecule has 2 N–H and O–H groups in total. The van der Waals surface area contributed by atoms with E-state index < -0.39 is 5.91 Å². The molecule has 0 unspecified atom stereocenters. The minimum atomic E-state index is -0.513. The summed E-state index contributed by atoms with van der Waals surface area (Å²) in [4.78, 5) is 12.2. The van der Waals surface area contributed by atoms with Crippen molar-refractivity contribution in [1.29, 1.82) is 0 Å². The number of halogens is 3. The van der Waals surface area contributed by atoms with Crippen molar-refractivity contribution in [1.82, 2.24) is 5.43 Å². The Morgan fingerprint density at radius 1 is 1.03 bits per heavy atom. The van der Waals surface area contributed by atoms with E-state index in [-0.39, 0.29) is 11.3 Å². The van der Waals surface area contributed by atoms with Crippen molar-refractivity contribution in [2.45, 2.75) is 6.61 Å². The summed E-state index contributed by atoms with van der Waals surface area (Å²) in [7, 11) is 0. The molecule has 0 saturated carbocycles. The summed E-state index contributed by atoms with van der Waals surface area (Å²) in [5.41, 5.74) is 4.34. The molecule has 3 rings (SSSR count). The zero-order valence-corrected chi connectivity index (χ0v) is 19.7. The van der Waals surface area contributed by atoms with Gasteiger partial charge in [0.25, 0.3) is 5.91 Å². The molecule has 0 heterocycles. The molecular formula is C21H15Br3N2O3. The number of nitrogens with one attached hydrogen (secondary N) is 1. The lowest BCUT2D eigenvalue weighted by Gasteiger charge is -2.11. The molecule has 0 aliphatic carbocycles. The molecule has 1 amide bonds. The van der Waals surface area contributed by atoms with E-state index in [1.807, 2.05) is 42.5 Å². The maximum absolute atomic E-state index is 12.2. The largest absolute Gasteiger partial charge is 0.507 e. The molecular weight excluding hydrogens is 568 g/mol. The first-order chi connectivity index (χ1) is 13.9.